The Bertz CT molecular complexity index is 943. The predicted molar refractivity (Wildman–Crippen MR) is 111 cm³/mol. The van der Waals surface area contributed by atoms with Crippen LogP contribution in [0, 0.1) is 0 Å². The van der Waals surface area contributed by atoms with E-state index in [1.54, 1.807) is 0 Å². The molecule has 2 aromatic carbocycles. The van der Waals surface area contributed by atoms with E-state index >= 15 is 0 Å². The van der Waals surface area contributed by atoms with E-state index in [1.807, 2.05) is 12.1 Å². The van der Waals surface area contributed by atoms with Crippen LogP contribution in [0.3, 0.4) is 0 Å². The van der Waals surface area contributed by atoms with Gasteiger partial charge in [-0.2, -0.15) is 0 Å². The van der Waals surface area contributed by atoms with Crippen molar-refractivity contribution in [1.82, 2.24) is 9.55 Å². The topological polar surface area (TPSA) is 17.8 Å². The number of hydrogen-bond acceptors (Lipinski definition) is 1. The van der Waals surface area contributed by atoms with E-state index in [2.05, 4.69) is 49.6 Å². The van der Waals surface area contributed by atoms with Crippen LogP contribution in [-0.2, 0) is 5.41 Å². The lowest BCUT2D eigenvalue weighted by Gasteiger charge is -2.20. The molecule has 1 heterocycles. The van der Waals surface area contributed by atoms with Gasteiger partial charge in [0.05, 0.1) is 21.1 Å². The molecule has 1 aromatic heterocycles. The van der Waals surface area contributed by atoms with Crippen molar-refractivity contribution >= 4 is 34.2 Å². The Kier molecular flexibility index (Phi) is 4.53. The lowest BCUT2D eigenvalue weighted by molar-refractivity contribution is 0.537. The van der Waals surface area contributed by atoms with E-state index in [9.17, 15) is 0 Å². The zero-order chi connectivity index (χ0) is 18.5. The van der Waals surface area contributed by atoms with Gasteiger partial charge in [0.1, 0.15) is 5.82 Å². The number of halogens is 2. The third kappa shape index (κ3) is 3.14. The van der Waals surface area contributed by atoms with Gasteiger partial charge in [0.2, 0.25) is 0 Å². The molecule has 136 valence electrons. The highest BCUT2D eigenvalue weighted by Crippen LogP contribution is 2.39. The summed E-state index contributed by atoms with van der Waals surface area (Å²) in [5.74, 6) is 1.02. The van der Waals surface area contributed by atoms with Crippen LogP contribution in [0.5, 0.6) is 0 Å². The van der Waals surface area contributed by atoms with Gasteiger partial charge >= 0.3 is 0 Å². The lowest BCUT2D eigenvalue weighted by Crippen LogP contribution is -2.11. The van der Waals surface area contributed by atoms with Crippen molar-refractivity contribution in [3.05, 3.63) is 52.0 Å². The summed E-state index contributed by atoms with van der Waals surface area (Å²) in [7, 11) is 0. The Morgan fingerprint density at radius 3 is 2.19 bits per heavy atom. The molecule has 26 heavy (non-hydrogen) atoms. The van der Waals surface area contributed by atoms with Crippen molar-refractivity contribution in [2.24, 2.45) is 0 Å². The number of rotatable bonds is 2. The highest BCUT2D eigenvalue weighted by Gasteiger charge is 2.24. The van der Waals surface area contributed by atoms with Gasteiger partial charge in [-0.05, 0) is 36.0 Å². The molecule has 0 aliphatic heterocycles. The highest BCUT2D eigenvalue weighted by molar-refractivity contribution is 6.42. The summed E-state index contributed by atoms with van der Waals surface area (Å²) >= 11 is 12.6. The summed E-state index contributed by atoms with van der Waals surface area (Å²) in [6.45, 7) is 6.71. The normalized spacial score (nSPS) is 15.9. The fourth-order valence-corrected chi connectivity index (χ4v) is 4.26. The molecule has 0 N–H and O–H groups in total. The van der Waals surface area contributed by atoms with Gasteiger partial charge in [-0.15, -0.1) is 0 Å². The molecule has 1 saturated carbocycles. The molecule has 3 aromatic rings. The Balaban J connectivity index is 1.89. The number of aromatic nitrogens is 2. The Hall–Kier alpha value is -1.51. The van der Waals surface area contributed by atoms with Crippen molar-refractivity contribution in [3.63, 3.8) is 0 Å². The van der Waals surface area contributed by atoms with E-state index in [0.29, 0.717) is 16.1 Å². The van der Waals surface area contributed by atoms with E-state index in [-0.39, 0.29) is 5.41 Å². The molecule has 0 saturated heterocycles. The first kappa shape index (κ1) is 17.9. The standard InChI is InChI=1S/C22H24Cl2N2/c1-22(2,3)15-10-8-14(9-11-15)21-25-19-12-17(23)18(24)13-20(19)26(21)16-6-4-5-7-16/h8-13,16H,4-7H2,1-3H3. The molecule has 0 atom stereocenters. The van der Waals surface area contributed by atoms with E-state index in [0.717, 1.165) is 22.4 Å². The van der Waals surface area contributed by atoms with Crippen LogP contribution < -0.4 is 0 Å². The number of nitrogens with zero attached hydrogens (tertiary/aromatic N) is 2. The third-order valence-corrected chi connectivity index (χ3v) is 6.15. The zero-order valence-corrected chi connectivity index (χ0v) is 17.0. The van der Waals surface area contributed by atoms with Gasteiger partial charge in [-0.1, -0.05) is 81.1 Å². The van der Waals surface area contributed by atoms with Crippen molar-refractivity contribution < 1.29 is 0 Å². The van der Waals surface area contributed by atoms with Crippen LogP contribution in [-0.4, -0.2) is 9.55 Å². The van der Waals surface area contributed by atoms with Gasteiger partial charge < -0.3 is 4.57 Å². The van der Waals surface area contributed by atoms with Crippen molar-refractivity contribution in [3.8, 4) is 11.4 Å². The van der Waals surface area contributed by atoms with E-state index < -0.39 is 0 Å². The lowest BCUT2D eigenvalue weighted by atomic mass is 9.86. The molecule has 1 fully saturated rings. The first-order valence-electron chi connectivity index (χ1n) is 9.32. The molecule has 1 aliphatic carbocycles. The van der Waals surface area contributed by atoms with Crippen molar-refractivity contribution in [2.45, 2.75) is 57.9 Å². The minimum absolute atomic E-state index is 0.144. The summed E-state index contributed by atoms with van der Waals surface area (Å²) in [6, 6.07) is 13.2. The summed E-state index contributed by atoms with van der Waals surface area (Å²) in [4.78, 5) is 4.94. The number of hydrogen-bond donors (Lipinski definition) is 0. The largest absolute Gasteiger partial charge is 0.321 e. The summed E-state index contributed by atoms with van der Waals surface area (Å²) in [5.41, 5.74) is 4.62. The van der Waals surface area contributed by atoms with Crippen molar-refractivity contribution in [2.75, 3.05) is 0 Å². The molecule has 0 spiro atoms. The summed E-state index contributed by atoms with van der Waals surface area (Å²) in [6.07, 6.45) is 4.93. The van der Waals surface area contributed by atoms with Crippen LogP contribution in [0.2, 0.25) is 10.0 Å². The van der Waals surface area contributed by atoms with Crippen LogP contribution in [0.1, 0.15) is 58.1 Å². The maximum atomic E-state index is 6.32. The fraction of sp³-hybridized carbons (Fsp3) is 0.409. The number of benzene rings is 2. The van der Waals surface area contributed by atoms with Crippen LogP contribution in [0.15, 0.2) is 36.4 Å². The van der Waals surface area contributed by atoms with Crippen LogP contribution >= 0.6 is 23.2 Å². The monoisotopic (exact) mass is 386 g/mol. The molecule has 4 rings (SSSR count). The van der Waals surface area contributed by atoms with Gasteiger partial charge in [-0.3, -0.25) is 0 Å². The highest BCUT2D eigenvalue weighted by atomic mass is 35.5. The smallest absolute Gasteiger partial charge is 0.141 e. The molecular formula is C22H24Cl2N2. The third-order valence-electron chi connectivity index (χ3n) is 5.43. The van der Waals surface area contributed by atoms with Crippen LogP contribution in [0.25, 0.3) is 22.4 Å². The second-order valence-corrected chi connectivity index (χ2v) is 9.14. The fourth-order valence-electron chi connectivity index (χ4n) is 3.95. The Labute approximate surface area is 165 Å². The maximum absolute atomic E-state index is 6.32. The second kappa shape index (κ2) is 6.58. The van der Waals surface area contributed by atoms with E-state index in [4.69, 9.17) is 28.2 Å². The zero-order valence-electron chi connectivity index (χ0n) is 15.5. The molecule has 0 bridgehead atoms. The van der Waals surface area contributed by atoms with Crippen molar-refractivity contribution in [1.29, 1.82) is 0 Å². The van der Waals surface area contributed by atoms with Gasteiger partial charge in [0, 0.05) is 11.6 Å². The average Bonchev–Trinajstić information content (AvgIpc) is 3.22. The van der Waals surface area contributed by atoms with Gasteiger partial charge in [-0.25, -0.2) is 4.98 Å². The Morgan fingerprint density at radius 2 is 1.58 bits per heavy atom. The summed E-state index contributed by atoms with van der Waals surface area (Å²) in [5, 5.41) is 1.15. The van der Waals surface area contributed by atoms with Gasteiger partial charge in [0.15, 0.2) is 0 Å². The molecule has 0 amide bonds. The second-order valence-electron chi connectivity index (χ2n) is 8.33. The number of imidazole rings is 1. The molecule has 0 radical (unpaired) electrons. The molecule has 4 heteroatoms. The quantitative estimate of drug-likeness (QED) is 0.447. The Morgan fingerprint density at radius 1 is 0.962 bits per heavy atom. The predicted octanol–water partition coefficient (Wildman–Crippen LogP) is 7.42. The van der Waals surface area contributed by atoms with Gasteiger partial charge in [0.25, 0.3) is 0 Å². The number of fused-ring (bicyclic) bond motifs is 1. The first-order chi connectivity index (χ1) is 12.3. The SMILES string of the molecule is CC(C)(C)c1ccc(-c2nc3cc(Cl)c(Cl)cc3n2C2CCCC2)cc1. The summed E-state index contributed by atoms with van der Waals surface area (Å²) < 4.78 is 2.39. The van der Waals surface area contributed by atoms with E-state index in [1.165, 1.54) is 31.2 Å². The molecular weight excluding hydrogens is 363 g/mol. The maximum Gasteiger partial charge on any atom is 0.141 e. The minimum atomic E-state index is 0.144. The molecule has 2 nitrogen and oxygen atoms in total. The first-order valence-corrected chi connectivity index (χ1v) is 10.1. The minimum Gasteiger partial charge on any atom is -0.321 e. The van der Waals surface area contributed by atoms with Crippen LogP contribution in [0.4, 0.5) is 0 Å². The molecule has 0 unspecified atom stereocenters. The molecule has 1 aliphatic rings. The average molecular weight is 387 g/mol.